The van der Waals surface area contributed by atoms with Gasteiger partial charge in [-0.1, -0.05) is 31.8 Å². The summed E-state index contributed by atoms with van der Waals surface area (Å²) in [5.74, 6) is 6.82. The number of nitrogens with two attached hydrogens (primary N) is 1. The van der Waals surface area contributed by atoms with E-state index in [1.165, 1.54) is 31.5 Å². The lowest BCUT2D eigenvalue weighted by Gasteiger charge is -2.37. The van der Waals surface area contributed by atoms with Crippen LogP contribution in [0.25, 0.3) is 0 Å². The van der Waals surface area contributed by atoms with Crippen LogP contribution in [0.2, 0.25) is 0 Å². The summed E-state index contributed by atoms with van der Waals surface area (Å²) in [7, 11) is 1.68. The molecule has 2 N–H and O–H groups in total. The van der Waals surface area contributed by atoms with E-state index in [0.29, 0.717) is 12.0 Å². The zero-order chi connectivity index (χ0) is 15.3. The summed E-state index contributed by atoms with van der Waals surface area (Å²) in [6, 6.07) is 6.26. The Labute approximate surface area is 128 Å². The summed E-state index contributed by atoms with van der Waals surface area (Å²) >= 11 is 0. The molecule has 0 aliphatic carbocycles. The summed E-state index contributed by atoms with van der Waals surface area (Å²) < 4.78 is 5.36. The van der Waals surface area contributed by atoms with Crippen LogP contribution >= 0.6 is 0 Å². The zero-order valence-corrected chi connectivity index (χ0v) is 13.4. The molecule has 2 rings (SSSR count). The van der Waals surface area contributed by atoms with Crippen molar-refractivity contribution in [1.29, 1.82) is 0 Å². The largest absolute Gasteiger partial charge is 0.495 e. The molecule has 114 valence electrons. The monoisotopic (exact) mass is 286 g/mol. The highest BCUT2D eigenvalue weighted by Gasteiger charge is 2.25. The van der Waals surface area contributed by atoms with Crippen LogP contribution in [-0.2, 0) is 6.54 Å². The van der Waals surface area contributed by atoms with Crippen molar-refractivity contribution in [3.05, 3.63) is 29.3 Å². The summed E-state index contributed by atoms with van der Waals surface area (Å²) in [4.78, 5) is 2.52. The topological polar surface area (TPSA) is 38.5 Å². The molecule has 0 atom stereocenters. The molecule has 0 unspecified atom stereocenters. The maximum absolute atomic E-state index is 5.46. The fraction of sp³-hybridized carbons (Fsp3) is 0.556. The number of methoxy groups -OCH3 is 1. The van der Waals surface area contributed by atoms with Crippen LogP contribution < -0.4 is 10.5 Å². The van der Waals surface area contributed by atoms with Gasteiger partial charge in [-0.2, -0.15) is 0 Å². The number of nitrogens with zero attached hydrogens (tertiary/aromatic N) is 1. The third-order valence-electron chi connectivity index (χ3n) is 4.20. The smallest absolute Gasteiger partial charge is 0.134 e. The Hall–Kier alpha value is -1.50. The first-order chi connectivity index (χ1) is 10.0. The van der Waals surface area contributed by atoms with E-state index in [4.69, 9.17) is 10.5 Å². The van der Waals surface area contributed by atoms with Crippen LogP contribution in [0.5, 0.6) is 5.75 Å². The van der Waals surface area contributed by atoms with E-state index in [1.54, 1.807) is 7.11 Å². The number of benzene rings is 1. The summed E-state index contributed by atoms with van der Waals surface area (Å²) in [5.41, 5.74) is 8.17. The predicted octanol–water partition coefficient (Wildman–Crippen LogP) is 2.63. The number of piperidine rings is 1. The van der Waals surface area contributed by atoms with Gasteiger partial charge < -0.3 is 10.5 Å². The molecule has 0 radical (unpaired) electrons. The number of hydrogen-bond donors (Lipinski definition) is 1. The van der Waals surface area contributed by atoms with Crippen LogP contribution in [0.15, 0.2) is 18.2 Å². The molecule has 0 saturated carbocycles. The zero-order valence-electron chi connectivity index (χ0n) is 13.4. The number of rotatable bonds is 3. The lowest BCUT2D eigenvalue weighted by molar-refractivity contribution is 0.127. The number of ether oxygens (including phenoxy) is 1. The Morgan fingerprint density at radius 2 is 2.00 bits per heavy atom. The van der Waals surface area contributed by atoms with E-state index in [-0.39, 0.29) is 0 Å². The average molecular weight is 286 g/mol. The Kier molecular flexibility index (Phi) is 5.27. The SMILES string of the molecule is COc1ccc(CN2CCC(C)(C)CC2)cc1C#CCN. The van der Waals surface area contributed by atoms with Gasteiger partial charge >= 0.3 is 0 Å². The van der Waals surface area contributed by atoms with Crippen LogP contribution in [0.4, 0.5) is 0 Å². The van der Waals surface area contributed by atoms with E-state index >= 15 is 0 Å². The Balaban J connectivity index is 2.07. The first-order valence-electron chi connectivity index (χ1n) is 7.62. The lowest BCUT2D eigenvalue weighted by atomic mass is 9.82. The summed E-state index contributed by atoms with van der Waals surface area (Å²) in [6.07, 6.45) is 2.53. The van der Waals surface area contributed by atoms with Gasteiger partial charge in [0, 0.05) is 6.54 Å². The molecule has 1 fully saturated rings. The minimum absolute atomic E-state index is 0.370. The molecule has 0 aromatic heterocycles. The van der Waals surface area contributed by atoms with Gasteiger partial charge in [-0.15, -0.1) is 0 Å². The van der Waals surface area contributed by atoms with E-state index in [2.05, 4.69) is 42.7 Å². The highest BCUT2D eigenvalue weighted by Crippen LogP contribution is 2.30. The summed E-state index contributed by atoms with van der Waals surface area (Å²) in [5, 5.41) is 0. The normalized spacial score (nSPS) is 17.9. The molecule has 1 saturated heterocycles. The standard InChI is InChI=1S/C18H26N2O/c1-18(2)8-11-20(12-9-18)14-15-6-7-17(21-3)16(13-15)5-4-10-19/h6-7,13H,8-12,14,19H2,1-3H3. The molecule has 0 bridgehead atoms. The van der Waals surface area contributed by atoms with Crippen LogP contribution in [0.3, 0.4) is 0 Å². The van der Waals surface area contributed by atoms with Gasteiger partial charge in [-0.05, 0) is 49.0 Å². The molecule has 3 nitrogen and oxygen atoms in total. The van der Waals surface area contributed by atoms with Crippen LogP contribution in [0, 0.1) is 17.3 Å². The third kappa shape index (κ3) is 4.49. The van der Waals surface area contributed by atoms with E-state index in [1.807, 2.05) is 6.07 Å². The molecular weight excluding hydrogens is 260 g/mol. The summed E-state index contributed by atoms with van der Waals surface area (Å²) in [6.45, 7) is 8.41. The third-order valence-corrected chi connectivity index (χ3v) is 4.20. The van der Waals surface area contributed by atoms with Crippen molar-refractivity contribution < 1.29 is 4.74 Å². The molecule has 1 aliphatic rings. The maximum Gasteiger partial charge on any atom is 0.134 e. The quantitative estimate of drug-likeness (QED) is 0.868. The van der Waals surface area contributed by atoms with Gasteiger partial charge in [0.25, 0.3) is 0 Å². The fourth-order valence-corrected chi connectivity index (χ4v) is 2.67. The van der Waals surface area contributed by atoms with Crippen molar-refractivity contribution in [2.75, 3.05) is 26.7 Å². The molecular formula is C18H26N2O. The van der Waals surface area contributed by atoms with E-state index in [9.17, 15) is 0 Å². The maximum atomic E-state index is 5.46. The van der Waals surface area contributed by atoms with Crippen LogP contribution in [-0.4, -0.2) is 31.6 Å². The molecule has 1 aromatic carbocycles. The minimum Gasteiger partial charge on any atom is -0.495 e. The molecule has 1 aromatic rings. The Morgan fingerprint density at radius 1 is 1.29 bits per heavy atom. The van der Waals surface area contributed by atoms with Crippen molar-refractivity contribution in [2.45, 2.75) is 33.2 Å². The first-order valence-corrected chi connectivity index (χ1v) is 7.62. The van der Waals surface area contributed by atoms with E-state index < -0.39 is 0 Å². The molecule has 0 spiro atoms. The predicted molar refractivity (Wildman–Crippen MR) is 87.2 cm³/mol. The lowest BCUT2D eigenvalue weighted by Crippen LogP contribution is -2.36. The molecule has 1 aliphatic heterocycles. The van der Waals surface area contributed by atoms with Crippen molar-refractivity contribution in [3.8, 4) is 17.6 Å². The number of likely N-dealkylation sites (tertiary alicyclic amines) is 1. The fourth-order valence-electron chi connectivity index (χ4n) is 2.67. The highest BCUT2D eigenvalue weighted by molar-refractivity contribution is 5.48. The minimum atomic E-state index is 0.370. The van der Waals surface area contributed by atoms with Crippen molar-refractivity contribution >= 4 is 0 Å². The second-order valence-electron chi connectivity index (χ2n) is 6.48. The Bertz CT molecular complexity index is 530. The van der Waals surface area contributed by atoms with Gasteiger partial charge in [0.1, 0.15) is 5.75 Å². The molecule has 21 heavy (non-hydrogen) atoms. The van der Waals surface area contributed by atoms with Gasteiger partial charge in [0.05, 0.1) is 19.2 Å². The first kappa shape index (κ1) is 15.9. The van der Waals surface area contributed by atoms with E-state index in [0.717, 1.165) is 17.9 Å². The van der Waals surface area contributed by atoms with Crippen molar-refractivity contribution in [1.82, 2.24) is 4.90 Å². The molecule has 3 heteroatoms. The molecule has 0 amide bonds. The number of hydrogen-bond acceptors (Lipinski definition) is 3. The second-order valence-corrected chi connectivity index (χ2v) is 6.48. The van der Waals surface area contributed by atoms with Gasteiger partial charge in [-0.25, -0.2) is 0 Å². The Morgan fingerprint density at radius 3 is 2.62 bits per heavy atom. The van der Waals surface area contributed by atoms with Gasteiger partial charge in [-0.3, -0.25) is 4.90 Å². The molecule has 1 heterocycles. The highest BCUT2D eigenvalue weighted by atomic mass is 16.5. The van der Waals surface area contributed by atoms with Crippen LogP contribution in [0.1, 0.15) is 37.8 Å². The van der Waals surface area contributed by atoms with Gasteiger partial charge in [0.2, 0.25) is 0 Å². The van der Waals surface area contributed by atoms with Crippen molar-refractivity contribution in [3.63, 3.8) is 0 Å². The average Bonchev–Trinajstić information content (AvgIpc) is 2.47. The second kappa shape index (κ2) is 6.98. The van der Waals surface area contributed by atoms with Crippen molar-refractivity contribution in [2.24, 2.45) is 11.1 Å². The van der Waals surface area contributed by atoms with Gasteiger partial charge in [0.15, 0.2) is 0 Å².